The monoisotopic (exact) mass is 410 g/mol. The number of H-pyrrole nitrogens is 1. The number of allylic oxidation sites excluding steroid dienone is 1. The van der Waals surface area contributed by atoms with Crippen LogP contribution in [0.2, 0.25) is 0 Å². The topological polar surface area (TPSA) is 99.7 Å². The van der Waals surface area contributed by atoms with E-state index in [-0.39, 0.29) is 18.9 Å². The Kier molecular flexibility index (Phi) is 6.58. The maximum atomic E-state index is 13.0. The molecule has 0 saturated carbocycles. The number of ketones is 1. The molecule has 1 aromatic heterocycles. The van der Waals surface area contributed by atoms with Crippen LogP contribution in [0.5, 0.6) is 11.5 Å². The number of hydrogen-bond acceptors (Lipinski definition) is 7. The summed E-state index contributed by atoms with van der Waals surface area (Å²) in [7, 11) is 4.80. The number of ether oxygens (including phenoxy) is 2. The molecule has 2 aromatic carbocycles. The molecule has 0 amide bonds. The summed E-state index contributed by atoms with van der Waals surface area (Å²) in [5.74, 6) is 1.85. The highest BCUT2D eigenvalue weighted by atomic mass is 16.5. The van der Waals surface area contributed by atoms with Crippen molar-refractivity contribution in [1.29, 1.82) is 0 Å². The third-order valence-corrected chi connectivity index (χ3v) is 4.76. The van der Waals surface area contributed by atoms with Gasteiger partial charge in [-0.15, -0.1) is 0 Å². The van der Waals surface area contributed by atoms with Crippen molar-refractivity contribution in [2.45, 2.75) is 13.3 Å². The summed E-state index contributed by atoms with van der Waals surface area (Å²) in [4.78, 5) is 22.4. The lowest BCUT2D eigenvalue weighted by atomic mass is 10.1. The summed E-state index contributed by atoms with van der Waals surface area (Å²) in [6.45, 7) is 1.41. The molecule has 0 radical (unpaired) electrons. The number of carbonyl (C=O) groups is 1. The normalized spacial score (nSPS) is 11.8. The number of imidazole rings is 1. The molecule has 0 atom stereocenters. The second kappa shape index (κ2) is 9.32. The zero-order chi connectivity index (χ0) is 21.7. The Bertz CT molecular complexity index is 1020. The SMILES string of the molecule is CCC(=O)/C(=C(/NC)N(CO)c1cc(OC)cc(OC)c1)c1nc2ccccc2[nH]1. The fourth-order valence-electron chi connectivity index (χ4n) is 3.25. The average molecular weight is 410 g/mol. The largest absolute Gasteiger partial charge is 0.497 e. The van der Waals surface area contributed by atoms with Crippen molar-refractivity contribution >= 4 is 28.1 Å². The van der Waals surface area contributed by atoms with Gasteiger partial charge in [0.15, 0.2) is 5.78 Å². The number of benzene rings is 2. The predicted molar refractivity (Wildman–Crippen MR) is 116 cm³/mol. The van der Waals surface area contributed by atoms with Crippen molar-refractivity contribution in [1.82, 2.24) is 15.3 Å². The number of aliphatic hydroxyl groups excluding tert-OH is 1. The van der Waals surface area contributed by atoms with Gasteiger partial charge in [0.2, 0.25) is 0 Å². The molecule has 3 rings (SSSR count). The van der Waals surface area contributed by atoms with Gasteiger partial charge >= 0.3 is 0 Å². The third-order valence-electron chi connectivity index (χ3n) is 4.76. The van der Waals surface area contributed by atoms with E-state index in [1.165, 1.54) is 0 Å². The van der Waals surface area contributed by atoms with Crippen LogP contribution in [0.1, 0.15) is 19.2 Å². The maximum absolute atomic E-state index is 13.0. The Morgan fingerprint density at radius 1 is 1.17 bits per heavy atom. The zero-order valence-electron chi connectivity index (χ0n) is 17.5. The molecule has 8 heteroatoms. The number of nitrogens with one attached hydrogen (secondary N) is 2. The zero-order valence-corrected chi connectivity index (χ0v) is 17.5. The van der Waals surface area contributed by atoms with Crippen LogP contribution < -0.4 is 19.7 Å². The lowest BCUT2D eigenvalue weighted by molar-refractivity contribution is -0.113. The van der Waals surface area contributed by atoms with E-state index in [1.807, 2.05) is 24.3 Å². The molecule has 0 aliphatic carbocycles. The summed E-state index contributed by atoms with van der Waals surface area (Å²) >= 11 is 0. The van der Waals surface area contributed by atoms with Gasteiger partial charge in [0.25, 0.3) is 0 Å². The third kappa shape index (κ3) is 4.08. The molecule has 0 fully saturated rings. The number of para-hydroxylation sites is 2. The number of rotatable bonds is 9. The first-order valence-electron chi connectivity index (χ1n) is 9.58. The van der Waals surface area contributed by atoms with Crippen LogP contribution in [-0.4, -0.2) is 48.9 Å². The van der Waals surface area contributed by atoms with Crippen LogP contribution in [0.4, 0.5) is 5.69 Å². The van der Waals surface area contributed by atoms with E-state index in [0.29, 0.717) is 34.4 Å². The number of aromatic amines is 1. The van der Waals surface area contributed by atoms with Gasteiger partial charge in [-0.05, 0) is 12.1 Å². The van der Waals surface area contributed by atoms with E-state index in [9.17, 15) is 9.90 Å². The molecule has 0 unspecified atom stereocenters. The van der Waals surface area contributed by atoms with Crippen LogP contribution in [0.3, 0.4) is 0 Å². The molecule has 0 aliphatic heterocycles. The Morgan fingerprint density at radius 3 is 2.37 bits per heavy atom. The standard InChI is InChI=1S/C22H26N4O4/c1-5-19(28)20(21-24-17-8-6-7-9-18(17)25-21)22(23-2)26(13-27)14-10-15(29-3)12-16(11-14)30-4/h6-12,23,27H,5,13H2,1-4H3,(H,24,25)/b22-20+. The number of Topliss-reactive ketones (excluding diaryl/α,β-unsaturated/α-hetero) is 1. The highest BCUT2D eigenvalue weighted by Crippen LogP contribution is 2.32. The predicted octanol–water partition coefficient (Wildman–Crippen LogP) is 2.90. The van der Waals surface area contributed by atoms with E-state index in [0.717, 1.165) is 11.0 Å². The molecule has 3 aromatic rings. The van der Waals surface area contributed by atoms with Crippen molar-refractivity contribution in [3.8, 4) is 11.5 Å². The summed E-state index contributed by atoms with van der Waals surface area (Å²) in [6.07, 6.45) is 0.276. The van der Waals surface area contributed by atoms with Crippen LogP contribution >= 0.6 is 0 Å². The van der Waals surface area contributed by atoms with Gasteiger partial charge in [-0.2, -0.15) is 0 Å². The molecule has 0 spiro atoms. The maximum Gasteiger partial charge on any atom is 0.169 e. The second-order valence-electron chi connectivity index (χ2n) is 6.49. The first-order valence-corrected chi connectivity index (χ1v) is 9.58. The van der Waals surface area contributed by atoms with Crippen molar-refractivity contribution in [3.05, 3.63) is 54.1 Å². The first-order chi connectivity index (χ1) is 14.6. The number of methoxy groups -OCH3 is 2. The molecule has 30 heavy (non-hydrogen) atoms. The molecule has 3 N–H and O–H groups in total. The Labute approximate surface area is 175 Å². The highest BCUT2D eigenvalue weighted by Gasteiger charge is 2.24. The first kappa shape index (κ1) is 21.2. The Balaban J connectivity index is 2.23. The fourth-order valence-corrected chi connectivity index (χ4v) is 3.25. The second-order valence-corrected chi connectivity index (χ2v) is 6.49. The number of aliphatic hydroxyl groups is 1. The highest BCUT2D eigenvalue weighted by molar-refractivity contribution is 6.21. The van der Waals surface area contributed by atoms with Crippen molar-refractivity contribution in [3.63, 3.8) is 0 Å². The van der Waals surface area contributed by atoms with Crippen molar-refractivity contribution < 1.29 is 19.4 Å². The Morgan fingerprint density at radius 2 is 1.83 bits per heavy atom. The average Bonchev–Trinajstić information content (AvgIpc) is 3.21. The van der Waals surface area contributed by atoms with Crippen molar-refractivity contribution in [2.75, 3.05) is 32.9 Å². The van der Waals surface area contributed by atoms with Gasteiger partial charge in [0.05, 0.1) is 30.9 Å². The molecule has 1 heterocycles. The van der Waals surface area contributed by atoms with Gasteiger partial charge in [0.1, 0.15) is 35.4 Å². The van der Waals surface area contributed by atoms with Crippen LogP contribution in [-0.2, 0) is 4.79 Å². The number of anilines is 1. The molecule has 158 valence electrons. The quantitative estimate of drug-likeness (QED) is 0.368. The van der Waals surface area contributed by atoms with E-state index in [2.05, 4.69) is 15.3 Å². The number of carbonyl (C=O) groups excluding carboxylic acids is 1. The van der Waals surface area contributed by atoms with Gasteiger partial charge in [-0.3, -0.25) is 4.79 Å². The number of fused-ring (bicyclic) bond motifs is 1. The lowest BCUT2D eigenvalue weighted by Gasteiger charge is -2.27. The van der Waals surface area contributed by atoms with Gasteiger partial charge in [-0.1, -0.05) is 19.1 Å². The van der Waals surface area contributed by atoms with Crippen LogP contribution in [0, 0.1) is 0 Å². The minimum absolute atomic E-state index is 0.119. The van der Waals surface area contributed by atoms with Crippen molar-refractivity contribution in [2.24, 2.45) is 0 Å². The van der Waals surface area contributed by atoms with Gasteiger partial charge < -0.3 is 29.8 Å². The number of aromatic nitrogens is 2. The fraction of sp³-hybridized carbons (Fsp3) is 0.273. The smallest absolute Gasteiger partial charge is 0.169 e. The molecular weight excluding hydrogens is 384 g/mol. The van der Waals surface area contributed by atoms with Crippen LogP contribution in [0.15, 0.2) is 48.3 Å². The lowest BCUT2D eigenvalue weighted by Crippen LogP contribution is -2.33. The minimum atomic E-state index is -0.382. The molecule has 0 bridgehead atoms. The minimum Gasteiger partial charge on any atom is -0.497 e. The van der Waals surface area contributed by atoms with Gasteiger partial charge in [-0.25, -0.2) is 4.98 Å². The molecular formula is C22H26N4O4. The van der Waals surface area contributed by atoms with Gasteiger partial charge in [0, 0.05) is 31.7 Å². The van der Waals surface area contributed by atoms with E-state index < -0.39 is 0 Å². The van der Waals surface area contributed by atoms with E-state index in [4.69, 9.17) is 9.47 Å². The van der Waals surface area contributed by atoms with E-state index in [1.54, 1.807) is 51.3 Å². The number of nitrogens with zero attached hydrogens (tertiary/aromatic N) is 2. The summed E-state index contributed by atoms with van der Waals surface area (Å²) < 4.78 is 10.7. The van der Waals surface area contributed by atoms with Crippen LogP contribution in [0.25, 0.3) is 16.6 Å². The molecule has 0 saturated heterocycles. The number of hydrogen-bond donors (Lipinski definition) is 3. The van der Waals surface area contributed by atoms with E-state index >= 15 is 0 Å². The molecule has 0 aliphatic rings. The summed E-state index contributed by atoms with van der Waals surface area (Å²) in [5.41, 5.74) is 2.52. The molecule has 8 nitrogen and oxygen atoms in total. The summed E-state index contributed by atoms with van der Waals surface area (Å²) in [5, 5.41) is 13.3. The Hall–Kier alpha value is -3.52. The summed E-state index contributed by atoms with van der Waals surface area (Å²) in [6, 6.07) is 12.8.